The molecule has 0 radical (unpaired) electrons. The maximum Gasteiger partial charge on any atom is 0.238 e. The number of Topliss-reactive ketones (excluding diaryl/α,β-unsaturated/α-hetero) is 1. The van der Waals surface area contributed by atoms with Crippen molar-refractivity contribution in [3.8, 4) is 0 Å². The van der Waals surface area contributed by atoms with E-state index < -0.39 is 5.92 Å². The van der Waals surface area contributed by atoms with E-state index in [4.69, 9.17) is 0 Å². The summed E-state index contributed by atoms with van der Waals surface area (Å²) in [5, 5.41) is 1.91. The average Bonchev–Trinajstić information content (AvgIpc) is 2.88. The molecule has 0 spiro atoms. The maximum absolute atomic E-state index is 13.1. The van der Waals surface area contributed by atoms with E-state index in [0.717, 1.165) is 23.6 Å². The molecular formula is C20H17NO3. The first-order valence-electron chi connectivity index (χ1n) is 8.55. The molecule has 2 aromatic carbocycles. The summed E-state index contributed by atoms with van der Waals surface area (Å²) >= 11 is 0. The van der Waals surface area contributed by atoms with Gasteiger partial charge in [-0.1, -0.05) is 36.4 Å². The van der Waals surface area contributed by atoms with E-state index in [2.05, 4.69) is 0 Å². The minimum absolute atomic E-state index is 0.0453. The van der Waals surface area contributed by atoms with Crippen LogP contribution in [0.1, 0.15) is 19.3 Å². The Labute approximate surface area is 139 Å². The van der Waals surface area contributed by atoms with E-state index in [9.17, 15) is 14.4 Å². The second-order valence-electron chi connectivity index (χ2n) is 7.18. The van der Waals surface area contributed by atoms with Gasteiger partial charge in [-0.3, -0.25) is 14.4 Å². The highest BCUT2D eigenvalue weighted by molar-refractivity contribution is 6.26. The molecule has 4 atom stereocenters. The molecule has 4 heteroatoms. The van der Waals surface area contributed by atoms with E-state index in [0.29, 0.717) is 12.1 Å². The number of fused-ring (bicyclic) bond motifs is 3. The van der Waals surface area contributed by atoms with Gasteiger partial charge in [0.15, 0.2) is 0 Å². The first kappa shape index (κ1) is 13.9. The minimum atomic E-state index is -0.434. The lowest BCUT2D eigenvalue weighted by atomic mass is 9.59. The number of nitrogens with zero attached hydrogens (tertiary/aromatic N) is 1. The molecule has 0 aromatic heterocycles. The van der Waals surface area contributed by atoms with Crippen LogP contribution in [0.3, 0.4) is 0 Å². The molecule has 1 heterocycles. The molecule has 1 saturated heterocycles. The normalized spacial score (nSPS) is 31.8. The fourth-order valence-electron chi connectivity index (χ4n) is 5.02. The SMILES string of the molecule is O=C1C[C@H]2CC[C@@H]1[C@H]1C(=O)N(c3cccc4ccccc34)C(=O)[C@@H]21. The van der Waals surface area contributed by atoms with E-state index in [1.165, 1.54) is 4.90 Å². The van der Waals surface area contributed by atoms with Gasteiger partial charge in [0.25, 0.3) is 0 Å². The molecular weight excluding hydrogens is 302 g/mol. The number of hydrogen-bond acceptors (Lipinski definition) is 3. The van der Waals surface area contributed by atoms with Crippen LogP contribution in [-0.2, 0) is 14.4 Å². The monoisotopic (exact) mass is 319 g/mol. The predicted molar refractivity (Wildman–Crippen MR) is 89.3 cm³/mol. The van der Waals surface area contributed by atoms with Crippen LogP contribution in [0.15, 0.2) is 42.5 Å². The van der Waals surface area contributed by atoms with Crippen LogP contribution >= 0.6 is 0 Å². The van der Waals surface area contributed by atoms with Crippen molar-refractivity contribution in [1.82, 2.24) is 0 Å². The number of imide groups is 1. The Kier molecular flexibility index (Phi) is 2.76. The van der Waals surface area contributed by atoms with Crippen LogP contribution < -0.4 is 4.90 Å². The lowest BCUT2D eigenvalue weighted by Gasteiger charge is -2.41. The number of carbonyl (C=O) groups excluding carboxylic acids is 3. The Morgan fingerprint density at radius 1 is 0.833 bits per heavy atom. The average molecular weight is 319 g/mol. The fraction of sp³-hybridized carbons (Fsp3) is 0.350. The third-order valence-electron chi connectivity index (χ3n) is 6.07. The summed E-state index contributed by atoms with van der Waals surface area (Å²) in [6.07, 6.45) is 2.11. The van der Waals surface area contributed by atoms with Crippen molar-refractivity contribution in [3.63, 3.8) is 0 Å². The summed E-state index contributed by atoms with van der Waals surface area (Å²) in [4.78, 5) is 39.8. The van der Waals surface area contributed by atoms with Gasteiger partial charge in [-0.05, 0) is 30.2 Å². The maximum atomic E-state index is 13.1. The van der Waals surface area contributed by atoms with Crippen LogP contribution in [-0.4, -0.2) is 17.6 Å². The first-order chi connectivity index (χ1) is 11.7. The highest BCUT2D eigenvalue weighted by Gasteiger charge is 2.61. The van der Waals surface area contributed by atoms with Gasteiger partial charge in [0.1, 0.15) is 5.78 Å². The molecule has 1 aliphatic heterocycles. The van der Waals surface area contributed by atoms with Crippen molar-refractivity contribution in [1.29, 1.82) is 0 Å². The van der Waals surface area contributed by atoms with Gasteiger partial charge < -0.3 is 0 Å². The lowest BCUT2D eigenvalue weighted by molar-refractivity contribution is -0.143. The molecule has 4 nitrogen and oxygen atoms in total. The van der Waals surface area contributed by atoms with Gasteiger partial charge in [-0.25, -0.2) is 4.90 Å². The third kappa shape index (κ3) is 1.66. The van der Waals surface area contributed by atoms with Crippen molar-refractivity contribution >= 4 is 34.1 Å². The smallest absolute Gasteiger partial charge is 0.238 e. The molecule has 0 unspecified atom stereocenters. The standard InChI is InChI=1S/C20H17NO3/c22-16-10-12-8-9-14(16)18-17(12)19(23)21(20(18)24)15-7-3-5-11-4-1-2-6-13(11)15/h1-7,12,14,17-18H,8-10H2/t12-,14+,17+,18-/m1/s1. The second kappa shape index (κ2) is 4.76. The third-order valence-corrected chi connectivity index (χ3v) is 6.07. The van der Waals surface area contributed by atoms with Gasteiger partial charge in [-0.15, -0.1) is 0 Å². The van der Waals surface area contributed by atoms with Gasteiger partial charge in [0, 0.05) is 17.7 Å². The zero-order valence-corrected chi connectivity index (χ0v) is 13.1. The highest BCUT2D eigenvalue weighted by Crippen LogP contribution is 2.52. The molecule has 2 amide bonds. The van der Waals surface area contributed by atoms with E-state index in [-0.39, 0.29) is 35.4 Å². The summed E-state index contributed by atoms with van der Waals surface area (Å²) in [6.45, 7) is 0. The zero-order chi connectivity index (χ0) is 16.4. The molecule has 24 heavy (non-hydrogen) atoms. The van der Waals surface area contributed by atoms with E-state index >= 15 is 0 Å². The summed E-state index contributed by atoms with van der Waals surface area (Å²) in [5.74, 6) is -1.05. The summed E-state index contributed by atoms with van der Waals surface area (Å²) < 4.78 is 0. The number of ketones is 1. The Morgan fingerprint density at radius 3 is 2.42 bits per heavy atom. The Hall–Kier alpha value is -2.49. The number of anilines is 1. The number of amides is 2. The molecule has 2 bridgehead atoms. The van der Waals surface area contributed by atoms with Gasteiger partial charge >= 0.3 is 0 Å². The summed E-state index contributed by atoms with van der Waals surface area (Å²) in [6, 6.07) is 13.5. The molecule has 2 aromatic rings. The first-order valence-corrected chi connectivity index (χ1v) is 8.55. The molecule has 4 aliphatic rings. The van der Waals surface area contributed by atoms with Crippen LogP contribution in [0.4, 0.5) is 5.69 Å². The van der Waals surface area contributed by atoms with Crippen molar-refractivity contribution in [2.24, 2.45) is 23.7 Å². The van der Waals surface area contributed by atoms with Crippen molar-refractivity contribution < 1.29 is 14.4 Å². The number of hydrogen-bond donors (Lipinski definition) is 0. The Morgan fingerprint density at radius 2 is 1.58 bits per heavy atom. The molecule has 3 aliphatic carbocycles. The largest absolute Gasteiger partial charge is 0.299 e. The van der Waals surface area contributed by atoms with Crippen molar-refractivity contribution in [2.45, 2.75) is 19.3 Å². The van der Waals surface area contributed by atoms with E-state index in [1.807, 2.05) is 42.5 Å². The number of carbonyl (C=O) groups is 3. The number of rotatable bonds is 1. The molecule has 6 rings (SSSR count). The van der Waals surface area contributed by atoms with Gasteiger partial charge in [-0.2, -0.15) is 0 Å². The van der Waals surface area contributed by atoms with Gasteiger partial charge in [0.2, 0.25) is 11.8 Å². The van der Waals surface area contributed by atoms with Crippen LogP contribution in [0.5, 0.6) is 0 Å². The summed E-state index contributed by atoms with van der Waals surface area (Å²) in [7, 11) is 0. The van der Waals surface area contributed by atoms with Crippen LogP contribution in [0.25, 0.3) is 10.8 Å². The second-order valence-corrected chi connectivity index (χ2v) is 7.18. The Balaban J connectivity index is 1.66. The van der Waals surface area contributed by atoms with Crippen LogP contribution in [0, 0.1) is 23.7 Å². The molecule has 120 valence electrons. The quantitative estimate of drug-likeness (QED) is 0.759. The molecule has 0 N–H and O–H groups in total. The topological polar surface area (TPSA) is 54.5 Å². The van der Waals surface area contributed by atoms with Crippen molar-refractivity contribution in [2.75, 3.05) is 4.90 Å². The Bertz CT molecular complexity index is 897. The fourth-order valence-corrected chi connectivity index (χ4v) is 5.02. The van der Waals surface area contributed by atoms with Crippen LogP contribution in [0.2, 0.25) is 0 Å². The zero-order valence-electron chi connectivity index (χ0n) is 13.1. The predicted octanol–water partition coefficient (Wildman–Crippen LogP) is 2.94. The van der Waals surface area contributed by atoms with E-state index in [1.54, 1.807) is 0 Å². The summed E-state index contributed by atoms with van der Waals surface area (Å²) in [5.41, 5.74) is 0.657. The lowest BCUT2D eigenvalue weighted by Crippen LogP contribution is -2.46. The minimum Gasteiger partial charge on any atom is -0.299 e. The molecule has 3 saturated carbocycles. The molecule has 4 fully saturated rings. The van der Waals surface area contributed by atoms with Crippen molar-refractivity contribution in [3.05, 3.63) is 42.5 Å². The number of benzene rings is 2. The highest BCUT2D eigenvalue weighted by atomic mass is 16.2. The van der Waals surface area contributed by atoms with Gasteiger partial charge in [0.05, 0.1) is 17.5 Å².